The summed E-state index contributed by atoms with van der Waals surface area (Å²) >= 11 is 0. The molecule has 15 rings (SSSR count). The standard InChI is InChI=1S/C86H82N2O2/c1-7-55-24-19-32-61(48-55)87-83-71(46-43-67(84(83)89)60-31-21-30-59(50-60)65-36-17-15-34-63(65)53(3)4)77-51-78-76(58-28-13-10-14-29-58)52-80(75-47-45-69-66(57-26-11-9-12-27-57)42-44-70(77)81(69)82(75)78)88(62-33-20-25-56(8-2)49-62)79-41-23-40-74-73-39-22-38-72(85(73)90-86(74)79)68-37-18-16-35-64(68)54(5)6/h15-25,30-54,57-58,87,89H,7-14,26-29H2,1-6H3. The van der Waals surface area contributed by atoms with Crippen LogP contribution in [0.1, 0.15) is 163 Å². The summed E-state index contributed by atoms with van der Waals surface area (Å²) in [5, 5.41) is 27.2. The minimum Gasteiger partial charge on any atom is -0.505 e. The van der Waals surface area contributed by atoms with Gasteiger partial charge in [-0.1, -0.05) is 232 Å². The van der Waals surface area contributed by atoms with E-state index in [4.69, 9.17) is 4.42 Å². The molecular formula is C86H82N2O2. The molecule has 4 heteroatoms. The maximum Gasteiger partial charge on any atom is 0.159 e. The summed E-state index contributed by atoms with van der Waals surface area (Å²) in [6.45, 7) is 13.6. The van der Waals surface area contributed by atoms with Crippen molar-refractivity contribution in [1.29, 1.82) is 0 Å². The van der Waals surface area contributed by atoms with E-state index in [2.05, 4.69) is 258 Å². The van der Waals surface area contributed by atoms with Crippen molar-refractivity contribution in [2.75, 3.05) is 10.2 Å². The van der Waals surface area contributed by atoms with Crippen LogP contribution in [0.3, 0.4) is 0 Å². The molecule has 2 aliphatic rings. The number of furan rings is 1. The van der Waals surface area contributed by atoms with Crippen LogP contribution in [0.25, 0.3) is 98.8 Å². The molecule has 90 heavy (non-hydrogen) atoms. The maximum absolute atomic E-state index is 13.3. The fraction of sp³-hybridized carbons (Fsp3) is 0.256. The average Bonchev–Trinajstić information content (AvgIpc) is 0.909. The highest BCUT2D eigenvalue weighted by molar-refractivity contribution is 6.30. The normalized spacial score (nSPS) is 14.4. The molecule has 0 amide bonds. The van der Waals surface area contributed by atoms with E-state index >= 15 is 0 Å². The van der Waals surface area contributed by atoms with Gasteiger partial charge in [-0.05, 0) is 205 Å². The quantitative estimate of drug-likeness (QED) is 0.0793. The van der Waals surface area contributed by atoms with Gasteiger partial charge in [-0.15, -0.1) is 0 Å². The van der Waals surface area contributed by atoms with Crippen molar-refractivity contribution in [2.24, 2.45) is 0 Å². The van der Waals surface area contributed by atoms with Gasteiger partial charge < -0.3 is 19.7 Å². The van der Waals surface area contributed by atoms with Gasteiger partial charge in [-0.3, -0.25) is 0 Å². The maximum atomic E-state index is 13.3. The van der Waals surface area contributed by atoms with E-state index in [0.717, 1.165) is 98.1 Å². The van der Waals surface area contributed by atoms with Gasteiger partial charge in [0.25, 0.3) is 0 Å². The van der Waals surface area contributed by atoms with Crippen LogP contribution in [0.2, 0.25) is 0 Å². The Kier molecular flexibility index (Phi) is 15.3. The lowest BCUT2D eigenvalue weighted by Gasteiger charge is -2.32. The molecule has 2 fully saturated rings. The van der Waals surface area contributed by atoms with E-state index in [0.29, 0.717) is 29.4 Å². The van der Waals surface area contributed by atoms with E-state index in [9.17, 15) is 5.11 Å². The Morgan fingerprint density at radius 2 is 1.00 bits per heavy atom. The van der Waals surface area contributed by atoms with Gasteiger partial charge in [-0.2, -0.15) is 0 Å². The highest BCUT2D eigenvalue weighted by atomic mass is 16.3. The summed E-state index contributed by atoms with van der Waals surface area (Å²) in [4.78, 5) is 2.56. The zero-order valence-corrected chi connectivity index (χ0v) is 53.2. The third-order valence-electron chi connectivity index (χ3n) is 20.6. The minimum atomic E-state index is 0.243. The molecule has 12 aromatic carbocycles. The number of hydrogen-bond acceptors (Lipinski definition) is 4. The number of fused-ring (bicyclic) bond motifs is 3. The number of nitrogens with zero attached hydrogens (tertiary/aromatic N) is 1. The zero-order chi connectivity index (χ0) is 61.1. The summed E-state index contributed by atoms with van der Waals surface area (Å²) in [6, 6.07) is 77.3. The molecule has 0 atom stereocenters. The Labute approximate surface area is 531 Å². The van der Waals surface area contributed by atoms with Crippen molar-refractivity contribution >= 4 is 82.7 Å². The highest BCUT2D eigenvalue weighted by Gasteiger charge is 2.31. The van der Waals surface area contributed by atoms with Gasteiger partial charge in [-0.25, -0.2) is 0 Å². The van der Waals surface area contributed by atoms with Crippen molar-refractivity contribution in [3.8, 4) is 50.3 Å². The third-order valence-corrected chi connectivity index (χ3v) is 20.6. The number of phenols is 1. The van der Waals surface area contributed by atoms with Gasteiger partial charge in [0.1, 0.15) is 11.3 Å². The number of rotatable bonds is 15. The Morgan fingerprint density at radius 3 is 1.73 bits per heavy atom. The molecule has 2 saturated carbocycles. The van der Waals surface area contributed by atoms with Crippen LogP contribution in [-0.4, -0.2) is 5.11 Å². The summed E-state index contributed by atoms with van der Waals surface area (Å²) in [5.41, 5.74) is 23.4. The summed E-state index contributed by atoms with van der Waals surface area (Å²) in [5.74, 6) is 1.79. The number of aromatic hydroxyl groups is 1. The lowest BCUT2D eigenvalue weighted by atomic mass is 9.76. The lowest BCUT2D eigenvalue weighted by molar-refractivity contribution is 0.445. The summed E-state index contributed by atoms with van der Waals surface area (Å²) in [7, 11) is 0. The molecule has 1 aromatic heterocycles. The molecule has 13 aromatic rings. The summed E-state index contributed by atoms with van der Waals surface area (Å²) < 4.78 is 7.49. The second kappa shape index (κ2) is 24.0. The van der Waals surface area contributed by atoms with E-state index in [1.807, 2.05) is 0 Å². The first kappa shape index (κ1) is 57.3. The van der Waals surface area contributed by atoms with Crippen LogP contribution in [0.5, 0.6) is 5.75 Å². The molecule has 0 bridgehead atoms. The van der Waals surface area contributed by atoms with Crippen LogP contribution >= 0.6 is 0 Å². The first-order chi connectivity index (χ1) is 44.1. The molecule has 0 spiro atoms. The molecule has 0 aliphatic heterocycles. The van der Waals surface area contributed by atoms with Crippen molar-refractivity contribution in [3.63, 3.8) is 0 Å². The number of phenolic OH excluding ortho intramolecular Hbond substituents is 1. The molecule has 4 nitrogen and oxygen atoms in total. The molecule has 0 unspecified atom stereocenters. The highest BCUT2D eigenvalue weighted by Crippen LogP contribution is 2.55. The monoisotopic (exact) mass is 1170 g/mol. The van der Waals surface area contributed by atoms with Crippen molar-refractivity contribution in [3.05, 3.63) is 240 Å². The zero-order valence-electron chi connectivity index (χ0n) is 53.2. The third kappa shape index (κ3) is 10.1. The lowest BCUT2D eigenvalue weighted by Crippen LogP contribution is -2.14. The van der Waals surface area contributed by atoms with Crippen molar-refractivity contribution in [2.45, 2.75) is 142 Å². The first-order valence-electron chi connectivity index (χ1n) is 33.8. The largest absolute Gasteiger partial charge is 0.505 e. The number of benzene rings is 12. The molecule has 448 valence electrons. The molecule has 0 radical (unpaired) electrons. The number of anilines is 5. The Morgan fingerprint density at radius 1 is 0.422 bits per heavy atom. The molecule has 2 aliphatic carbocycles. The topological polar surface area (TPSA) is 48.6 Å². The van der Waals surface area contributed by atoms with Crippen LogP contribution < -0.4 is 10.2 Å². The Bertz CT molecular complexity index is 4830. The summed E-state index contributed by atoms with van der Waals surface area (Å²) in [6.07, 6.45) is 14.0. The number of para-hydroxylation sites is 2. The smallest absolute Gasteiger partial charge is 0.159 e. The Balaban J connectivity index is 1.02. The van der Waals surface area contributed by atoms with E-state index in [1.54, 1.807) is 0 Å². The van der Waals surface area contributed by atoms with Gasteiger partial charge in [0.2, 0.25) is 0 Å². The number of aryl methyl sites for hydroxylation is 2. The van der Waals surface area contributed by atoms with Gasteiger partial charge in [0.15, 0.2) is 5.58 Å². The second-order valence-corrected chi connectivity index (χ2v) is 26.7. The van der Waals surface area contributed by atoms with Crippen molar-refractivity contribution in [1.82, 2.24) is 0 Å². The second-order valence-electron chi connectivity index (χ2n) is 26.7. The fourth-order valence-corrected chi connectivity index (χ4v) is 16.0. The molecule has 0 saturated heterocycles. The number of hydrogen-bond donors (Lipinski definition) is 2. The van der Waals surface area contributed by atoms with Gasteiger partial charge >= 0.3 is 0 Å². The van der Waals surface area contributed by atoms with E-state index in [1.165, 1.54) is 134 Å². The van der Waals surface area contributed by atoms with Crippen LogP contribution in [0, 0.1) is 0 Å². The van der Waals surface area contributed by atoms with Crippen LogP contribution in [-0.2, 0) is 12.8 Å². The fourth-order valence-electron chi connectivity index (χ4n) is 16.0. The number of nitrogens with one attached hydrogen (secondary N) is 1. The minimum absolute atomic E-state index is 0.243. The molecule has 1 heterocycles. The Hall–Kier alpha value is -9.12. The van der Waals surface area contributed by atoms with Gasteiger partial charge in [0.05, 0.1) is 17.1 Å². The van der Waals surface area contributed by atoms with Crippen LogP contribution in [0.15, 0.2) is 211 Å². The molecule has 2 N–H and O–H groups in total. The van der Waals surface area contributed by atoms with E-state index in [-0.39, 0.29) is 5.75 Å². The van der Waals surface area contributed by atoms with E-state index < -0.39 is 0 Å². The van der Waals surface area contributed by atoms with Gasteiger partial charge in [0, 0.05) is 44.2 Å². The predicted molar refractivity (Wildman–Crippen MR) is 384 cm³/mol. The molecular weight excluding hydrogens is 1090 g/mol. The average molecular weight is 1180 g/mol. The predicted octanol–water partition coefficient (Wildman–Crippen LogP) is 25.5. The first-order valence-corrected chi connectivity index (χ1v) is 33.8. The van der Waals surface area contributed by atoms with Crippen LogP contribution in [0.4, 0.5) is 28.4 Å². The SMILES string of the molecule is CCc1cccc(Nc2c(-c3cc4c(C5CCCCC5)cc(N(c5cccc(CC)c5)c5cccc6c5oc5c(-c7ccccc7C(C)C)cccc56)c5ccc6c(C7CCCCC7)ccc3c6c45)ccc(-c3cccc(-c4ccccc4C(C)C)c3)c2O)c1. The van der Waals surface area contributed by atoms with Crippen molar-refractivity contribution < 1.29 is 9.52 Å².